The zero-order valence-corrected chi connectivity index (χ0v) is 11.3. The molecule has 0 aliphatic heterocycles. The van der Waals surface area contributed by atoms with E-state index in [1.807, 2.05) is 12.1 Å². The number of pyridine rings is 1. The van der Waals surface area contributed by atoms with Crippen LogP contribution in [-0.4, -0.2) is 16.9 Å². The molecular formula is C14H15N3S. The fourth-order valence-electron chi connectivity index (χ4n) is 1.82. The lowest BCUT2D eigenvalue weighted by Gasteiger charge is -2.23. The van der Waals surface area contributed by atoms with Gasteiger partial charge in [-0.3, -0.25) is 4.90 Å². The van der Waals surface area contributed by atoms with Crippen molar-refractivity contribution in [2.45, 2.75) is 19.5 Å². The van der Waals surface area contributed by atoms with E-state index in [1.54, 1.807) is 17.5 Å². The van der Waals surface area contributed by atoms with Gasteiger partial charge in [0.2, 0.25) is 0 Å². The first-order valence-corrected chi connectivity index (χ1v) is 6.68. The van der Waals surface area contributed by atoms with Crippen LogP contribution in [0.15, 0.2) is 35.8 Å². The summed E-state index contributed by atoms with van der Waals surface area (Å²) >= 11 is 1.76. The average Bonchev–Trinajstić information content (AvgIpc) is 2.92. The van der Waals surface area contributed by atoms with Crippen molar-refractivity contribution in [1.82, 2.24) is 9.88 Å². The Morgan fingerprint density at radius 3 is 2.94 bits per heavy atom. The lowest BCUT2D eigenvalue weighted by atomic mass is 10.1. The van der Waals surface area contributed by atoms with Crippen LogP contribution in [0.1, 0.15) is 29.1 Å². The van der Waals surface area contributed by atoms with E-state index in [9.17, 15) is 0 Å². The Hall–Kier alpha value is -1.70. The Balaban J connectivity index is 2.12. The Morgan fingerprint density at radius 1 is 1.44 bits per heavy atom. The van der Waals surface area contributed by atoms with Crippen molar-refractivity contribution in [2.24, 2.45) is 0 Å². The quantitative estimate of drug-likeness (QED) is 0.844. The van der Waals surface area contributed by atoms with Gasteiger partial charge in [0.25, 0.3) is 0 Å². The third kappa shape index (κ3) is 2.76. The first kappa shape index (κ1) is 12.7. The summed E-state index contributed by atoms with van der Waals surface area (Å²) in [6, 6.07) is 10.5. The molecule has 1 unspecified atom stereocenters. The second-order valence-electron chi connectivity index (χ2n) is 4.23. The average molecular weight is 257 g/mol. The predicted octanol–water partition coefficient (Wildman–Crippen LogP) is 3.21. The summed E-state index contributed by atoms with van der Waals surface area (Å²) in [5.74, 6) is 0. The number of hydrogen-bond donors (Lipinski definition) is 0. The van der Waals surface area contributed by atoms with Crippen LogP contribution in [-0.2, 0) is 6.54 Å². The normalized spacial score (nSPS) is 12.3. The monoisotopic (exact) mass is 257 g/mol. The van der Waals surface area contributed by atoms with Crippen LogP contribution in [0.2, 0.25) is 0 Å². The van der Waals surface area contributed by atoms with E-state index in [2.05, 4.69) is 47.4 Å². The highest BCUT2D eigenvalue weighted by Crippen LogP contribution is 2.24. The molecule has 0 spiro atoms. The minimum Gasteiger partial charge on any atom is -0.294 e. The van der Waals surface area contributed by atoms with E-state index in [-0.39, 0.29) is 0 Å². The Morgan fingerprint density at radius 2 is 2.28 bits per heavy atom. The number of aromatic nitrogens is 1. The van der Waals surface area contributed by atoms with Gasteiger partial charge in [0, 0.05) is 29.2 Å². The second kappa shape index (κ2) is 5.76. The minimum atomic E-state index is 0.344. The zero-order chi connectivity index (χ0) is 13.0. The summed E-state index contributed by atoms with van der Waals surface area (Å²) in [4.78, 5) is 7.65. The van der Waals surface area contributed by atoms with Gasteiger partial charge >= 0.3 is 0 Å². The minimum absolute atomic E-state index is 0.344. The molecule has 2 rings (SSSR count). The van der Waals surface area contributed by atoms with E-state index in [1.165, 1.54) is 4.88 Å². The molecule has 2 aromatic heterocycles. The molecule has 0 amide bonds. The third-order valence-corrected chi connectivity index (χ3v) is 4.08. The van der Waals surface area contributed by atoms with Gasteiger partial charge in [-0.1, -0.05) is 12.1 Å². The maximum Gasteiger partial charge on any atom is 0.144 e. The van der Waals surface area contributed by atoms with Gasteiger partial charge in [-0.2, -0.15) is 5.26 Å². The van der Waals surface area contributed by atoms with E-state index in [0.717, 1.165) is 12.1 Å². The smallest absolute Gasteiger partial charge is 0.144 e. The molecule has 0 fully saturated rings. The summed E-state index contributed by atoms with van der Waals surface area (Å²) in [7, 11) is 2.07. The van der Waals surface area contributed by atoms with Crippen molar-refractivity contribution in [2.75, 3.05) is 7.05 Å². The summed E-state index contributed by atoms with van der Waals surface area (Å²) in [6.07, 6.45) is 1.66. The summed E-state index contributed by atoms with van der Waals surface area (Å²) in [5.41, 5.74) is 1.49. The van der Waals surface area contributed by atoms with Crippen molar-refractivity contribution in [1.29, 1.82) is 5.26 Å². The van der Waals surface area contributed by atoms with Gasteiger partial charge in [0.05, 0.1) is 0 Å². The highest BCUT2D eigenvalue weighted by Gasteiger charge is 2.14. The van der Waals surface area contributed by atoms with E-state index in [0.29, 0.717) is 11.7 Å². The number of rotatable bonds is 4. The number of hydrogen-bond acceptors (Lipinski definition) is 4. The molecule has 0 N–H and O–H groups in total. The van der Waals surface area contributed by atoms with Crippen molar-refractivity contribution < 1.29 is 0 Å². The molecule has 0 aromatic carbocycles. The lowest BCUT2D eigenvalue weighted by Crippen LogP contribution is -2.21. The van der Waals surface area contributed by atoms with Crippen LogP contribution in [0, 0.1) is 11.3 Å². The molecule has 0 radical (unpaired) electrons. The van der Waals surface area contributed by atoms with Crippen LogP contribution >= 0.6 is 11.3 Å². The van der Waals surface area contributed by atoms with Crippen molar-refractivity contribution in [3.05, 3.63) is 52.0 Å². The van der Waals surface area contributed by atoms with Crippen LogP contribution in [0.3, 0.4) is 0 Å². The van der Waals surface area contributed by atoms with Gasteiger partial charge in [0.1, 0.15) is 11.8 Å². The van der Waals surface area contributed by atoms with Gasteiger partial charge in [-0.15, -0.1) is 11.3 Å². The van der Waals surface area contributed by atoms with Gasteiger partial charge in [0.15, 0.2) is 0 Å². The Labute approximate surface area is 111 Å². The molecule has 4 heteroatoms. The maximum absolute atomic E-state index is 9.02. The topological polar surface area (TPSA) is 39.9 Å². The molecular weight excluding hydrogens is 242 g/mol. The molecule has 2 aromatic rings. The SMILES string of the molecule is CC(c1cccs1)N(C)Cc1cccnc1C#N. The fourth-order valence-corrected chi connectivity index (χ4v) is 2.67. The first-order valence-electron chi connectivity index (χ1n) is 5.80. The van der Waals surface area contributed by atoms with Crippen LogP contribution < -0.4 is 0 Å². The summed E-state index contributed by atoms with van der Waals surface area (Å²) in [6.45, 7) is 2.91. The molecule has 0 aliphatic rings. The van der Waals surface area contributed by atoms with Crippen LogP contribution in [0.25, 0.3) is 0 Å². The molecule has 1 atom stereocenters. The zero-order valence-electron chi connectivity index (χ0n) is 10.5. The van der Waals surface area contributed by atoms with Crippen molar-refractivity contribution in [3.8, 4) is 6.07 Å². The van der Waals surface area contributed by atoms with E-state index in [4.69, 9.17) is 5.26 Å². The van der Waals surface area contributed by atoms with E-state index < -0.39 is 0 Å². The van der Waals surface area contributed by atoms with Crippen LogP contribution in [0.4, 0.5) is 0 Å². The second-order valence-corrected chi connectivity index (χ2v) is 5.21. The largest absolute Gasteiger partial charge is 0.294 e. The summed E-state index contributed by atoms with van der Waals surface area (Å²) < 4.78 is 0. The third-order valence-electron chi connectivity index (χ3n) is 3.03. The molecule has 0 saturated heterocycles. The van der Waals surface area contributed by atoms with Gasteiger partial charge in [-0.25, -0.2) is 4.98 Å². The molecule has 3 nitrogen and oxygen atoms in total. The van der Waals surface area contributed by atoms with Crippen molar-refractivity contribution in [3.63, 3.8) is 0 Å². The molecule has 0 aliphatic carbocycles. The Kier molecular flexibility index (Phi) is 4.08. The van der Waals surface area contributed by atoms with Crippen molar-refractivity contribution >= 4 is 11.3 Å². The standard InChI is InChI=1S/C14H15N3S/c1-11(14-6-4-8-18-14)17(2)10-12-5-3-7-16-13(12)9-15/h3-8,11H,10H2,1-2H3. The maximum atomic E-state index is 9.02. The molecule has 2 heterocycles. The van der Waals surface area contributed by atoms with E-state index >= 15 is 0 Å². The molecule has 0 bridgehead atoms. The first-order chi connectivity index (χ1) is 8.72. The van der Waals surface area contributed by atoms with Crippen LogP contribution in [0.5, 0.6) is 0 Å². The number of nitriles is 1. The number of nitrogens with zero attached hydrogens (tertiary/aromatic N) is 3. The van der Waals surface area contributed by atoms with Gasteiger partial charge in [-0.05, 0) is 31.5 Å². The number of thiophene rings is 1. The lowest BCUT2D eigenvalue weighted by molar-refractivity contribution is 0.256. The summed E-state index contributed by atoms with van der Waals surface area (Å²) in [5, 5.41) is 11.1. The predicted molar refractivity (Wildman–Crippen MR) is 73.2 cm³/mol. The Bertz CT molecular complexity index is 542. The highest BCUT2D eigenvalue weighted by molar-refractivity contribution is 7.10. The molecule has 92 valence electrons. The van der Waals surface area contributed by atoms with Gasteiger partial charge < -0.3 is 0 Å². The highest BCUT2D eigenvalue weighted by atomic mass is 32.1. The molecule has 18 heavy (non-hydrogen) atoms. The molecule has 0 saturated carbocycles. The fraction of sp³-hybridized carbons (Fsp3) is 0.286.